The molecule has 0 saturated carbocycles. The maximum absolute atomic E-state index is 13.3. The lowest BCUT2D eigenvalue weighted by atomic mass is 9.96. The molecule has 17 unspecified atom stereocenters. The Kier molecular flexibility index (Phi) is 44.7. The number of hydrogen-bond donors (Lipinski definition) is 12. The van der Waals surface area contributed by atoms with E-state index in [1.54, 1.807) is 6.08 Å². The number of ether oxygens (including phenoxy) is 6. The summed E-state index contributed by atoms with van der Waals surface area (Å²) < 4.78 is 34.2. The van der Waals surface area contributed by atoms with E-state index in [9.17, 15) is 61.0 Å². The molecule has 3 heterocycles. The lowest BCUT2D eigenvalue weighted by Gasteiger charge is -2.48. The first-order valence-electron chi connectivity index (χ1n) is 34.1. The highest BCUT2D eigenvalue weighted by atomic mass is 16.8. The second kappa shape index (κ2) is 49.0. The fraction of sp³-hybridized carbons (Fsp3) is 0.924. The van der Waals surface area contributed by atoms with Gasteiger partial charge in [0.1, 0.15) is 73.2 Å². The Labute approximate surface area is 511 Å². The van der Waals surface area contributed by atoms with Crippen LogP contribution in [0, 0.1) is 0 Å². The number of hydrogen-bond acceptors (Lipinski definition) is 18. The molecule has 3 saturated heterocycles. The molecule has 0 aromatic rings. The smallest absolute Gasteiger partial charge is 0.220 e. The number of amides is 1. The molecule has 85 heavy (non-hydrogen) atoms. The Morgan fingerprint density at radius 1 is 0.412 bits per heavy atom. The Morgan fingerprint density at radius 3 is 1.16 bits per heavy atom. The van der Waals surface area contributed by atoms with Crippen LogP contribution in [0.1, 0.15) is 258 Å². The number of carbonyl (C=O) groups excluding carboxylic acids is 1. The van der Waals surface area contributed by atoms with E-state index in [0.29, 0.717) is 12.8 Å². The van der Waals surface area contributed by atoms with E-state index in [1.165, 1.54) is 180 Å². The summed E-state index contributed by atoms with van der Waals surface area (Å²) >= 11 is 0. The van der Waals surface area contributed by atoms with E-state index in [2.05, 4.69) is 31.3 Å². The molecule has 0 aliphatic carbocycles. The average molecular weight is 1220 g/mol. The third-order valence-electron chi connectivity index (χ3n) is 17.3. The van der Waals surface area contributed by atoms with Gasteiger partial charge in [0.25, 0.3) is 0 Å². The minimum atomic E-state index is -1.98. The standard InChI is InChI=1S/C66H123NO18/c1-3-5-7-9-11-13-14-15-16-17-18-19-20-21-22-23-24-25-26-27-28-29-30-31-32-33-34-35-36-38-40-42-44-54(72)67-49(50(71)43-41-39-37-12-10-8-6-4-2)48-80-64-60(78)57(75)62(52(46-69)82-64)85-66-61(79)58(76)63(53(47-70)83-66)84-65-59(77)56(74)55(73)51(45-68)81-65/h10,12,41,43,49-53,55-66,68-71,73-79H,3-9,11,13-40,42,44-48H2,1-2H3,(H,67,72)/b12-10+,43-41+. The zero-order valence-electron chi connectivity index (χ0n) is 52.6. The van der Waals surface area contributed by atoms with Gasteiger partial charge < -0.3 is 89.9 Å². The van der Waals surface area contributed by atoms with Crippen LogP contribution in [0.5, 0.6) is 0 Å². The lowest BCUT2D eigenvalue weighted by molar-refractivity contribution is -0.379. The zero-order chi connectivity index (χ0) is 61.9. The fourth-order valence-electron chi connectivity index (χ4n) is 11.7. The predicted octanol–water partition coefficient (Wildman–Crippen LogP) is 8.27. The first-order valence-corrected chi connectivity index (χ1v) is 34.1. The van der Waals surface area contributed by atoms with Gasteiger partial charge in [0.05, 0.1) is 38.6 Å². The number of rotatable bonds is 52. The van der Waals surface area contributed by atoms with Crippen molar-refractivity contribution in [2.45, 2.75) is 362 Å². The Balaban J connectivity index is 1.31. The maximum atomic E-state index is 13.3. The van der Waals surface area contributed by atoms with E-state index in [1.807, 2.05) is 6.08 Å². The molecular weight excluding hydrogens is 1090 g/mol. The molecular formula is C66H123NO18. The molecule has 1 amide bonds. The van der Waals surface area contributed by atoms with E-state index in [-0.39, 0.29) is 18.9 Å². The van der Waals surface area contributed by atoms with Crippen LogP contribution in [-0.4, -0.2) is 193 Å². The van der Waals surface area contributed by atoms with Crippen LogP contribution < -0.4 is 5.32 Å². The normalized spacial score (nSPS) is 29.1. The summed E-state index contributed by atoms with van der Waals surface area (Å²) in [5, 5.41) is 120. The van der Waals surface area contributed by atoms with Crippen LogP contribution in [-0.2, 0) is 33.2 Å². The molecule has 3 rings (SSSR count). The van der Waals surface area contributed by atoms with Gasteiger partial charge in [-0.1, -0.05) is 250 Å². The van der Waals surface area contributed by atoms with E-state index < -0.39 is 124 Å². The van der Waals surface area contributed by atoms with Crippen molar-refractivity contribution in [1.82, 2.24) is 5.32 Å². The predicted molar refractivity (Wildman–Crippen MR) is 328 cm³/mol. The topological polar surface area (TPSA) is 307 Å². The van der Waals surface area contributed by atoms with Crippen molar-refractivity contribution in [3.8, 4) is 0 Å². The third-order valence-corrected chi connectivity index (χ3v) is 17.3. The Hall–Kier alpha value is -1.73. The number of allylic oxidation sites excluding steroid dienone is 3. The summed E-state index contributed by atoms with van der Waals surface area (Å²) in [5.41, 5.74) is 0. The van der Waals surface area contributed by atoms with Gasteiger partial charge in [0, 0.05) is 6.42 Å². The molecule has 0 spiro atoms. The summed E-state index contributed by atoms with van der Waals surface area (Å²) in [5.74, 6) is -0.285. The molecule has 0 aromatic carbocycles. The molecule has 0 aromatic heterocycles. The van der Waals surface area contributed by atoms with E-state index in [0.717, 1.165) is 44.9 Å². The fourth-order valence-corrected chi connectivity index (χ4v) is 11.7. The van der Waals surface area contributed by atoms with Crippen LogP contribution in [0.3, 0.4) is 0 Å². The zero-order valence-corrected chi connectivity index (χ0v) is 52.6. The molecule has 12 N–H and O–H groups in total. The minimum absolute atomic E-state index is 0.240. The van der Waals surface area contributed by atoms with Gasteiger partial charge in [-0.05, 0) is 25.7 Å². The average Bonchev–Trinajstić information content (AvgIpc) is 3.40. The van der Waals surface area contributed by atoms with E-state index in [4.69, 9.17) is 28.4 Å². The van der Waals surface area contributed by atoms with Gasteiger partial charge in [-0.2, -0.15) is 0 Å². The number of aliphatic hydroxyl groups excluding tert-OH is 11. The van der Waals surface area contributed by atoms with Crippen LogP contribution >= 0.6 is 0 Å². The largest absolute Gasteiger partial charge is 0.394 e. The van der Waals surface area contributed by atoms with Gasteiger partial charge in [-0.3, -0.25) is 4.79 Å². The van der Waals surface area contributed by atoms with Gasteiger partial charge >= 0.3 is 0 Å². The molecule has 0 bridgehead atoms. The van der Waals surface area contributed by atoms with Gasteiger partial charge in [-0.15, -0.1) is 0 Å². The van der Waals surface area contributed by atoms with Crippen LogP contribution in [0.2, 0.25) is 0 Å². The molecule has 3 aliphatic rings. The summed E-state index contributed by atoms with van der Waals surface area (Å²) in [6, 6.07) is -0.984. The minimum Gasteiger partial charge on any atom is -0.394 e. The van der Waals surface area contributed by atoms with Gasteiger partial charge in [0.15, 0.2) is 18.9 Å². The van der Waals surface area contributed by atoms with Crippen molar-refractivity contribution in [2.75, 3.05) is 26.4 Å². The van der Waals surface area contributed by atoms with Crippen molar-refractivity contribution >= 4 is 5.91 Å². The molecule has 19 nitrogen and oxygen atoms in total. The summed E-state index contributed by atoms with van der Waals surface area (Å²) in [6.07, 6.45) is 28.1. The molecule has 500 valence electrons. The van der Waals surface area contributed by atoms with Crippen molar-refractivity contribution in [2.24, 2.45) is 0 Å². The van der Waals surface area contributed by atoms with Crippen molar-refractivity contribution in [1.29, 1.82) is 0 Å². The summed E-state index contributed by atoms with van der Waals surface area (Å²) in [7, 11) is 0. The van der Waals surface area contributed by atoms with Crippen molar-refractivity contribution < 1.29 is 89.4 Å². The highest BCUT2D eigenvalue weighted by molar-refractivity contribution is 5.76. The van der Waals surface area contributed by atoms with Crippen molar-refractivity contribution in [3.05, 3.63) is 24.3 Å². The molecule has 19 heteroatoms. The Morgan fingerprint density at radius 2 is 0.753 bits per heavy atom. The highest BCUT2D eigenvalue weighted by Crippen LogP contribution is 2.33. The second-order valence-electron chi connectivity index (χ2n) is 24.6. The highest BCUT2D eigenvalue weighted by Gasteiger charge is 2.53. The number of aliphatic hydroxyl groups is 11. The number of nitrogens with one attached hydrogen (secondary N) is 1. The number of carbonyl (C=O) groups is 1. The third kappa shape index (κ3) is 31.7. The molecule has 17 atom stereocenters. The molecule has 0 radical (unpaired) electrons. The lowest BCUT2D eigenvalue weighted by Crippen LogP contribution is -2.66. The Bertz CT molecular complexity index is 1640. The molecule has 3 aliphatic heterocycles. The van der Waals surface area contributed by atoms with Crippen LogP contribution in [0.4, 0.5) is 0 Å². The molecule has 3 fully saturated rings. The monoisotopic (exact) mass is 1220 g/mol. The first-order chi connectivity index (χ1) is 41.3. The van der Waals surface area contributed by atoms with Crippen molar-refractivity contribution in [3.63, 3.8) is 0 Å². The van der Waals surface area contributed by atoms with E-state index >= 15 is 0 Å². The second-order valence-corrected chi connectivity index (χ2v) is 24.6. The maximum Gasteiger partial charge on any atom is 0.220 e. The van der Waals surface area contributed by atoms with Gasteiger partial charge in [0.2, 0.25) is 5.91 Å². The van der Waals surface area contributed by atoms with Crippen LogP contribution in [0.15, 0.2) is 24.3 Å². The van der Waals surface area contributed by atoms with Crippen LogP contribution in [0.25, 0.3) is 0 Å². The van der Waals surface area contributed by atoms with Gasteiger partial charge in [-0.25, -0.2) is 0 Å². The summed E-state index contributed by atoms with van der Waals surface area (Å²) in [6.45, 7) is 1.64. The quantitative estimate of drug-likeness (QED) is 0.0201. The SMILES string of the molecule is CCCC/C=C/CC/C=C/C(O)C(COC1OC(CO)C(OC2OC(CO)C(OC3OC(CO)C(O)C(O)C3O)C(O)C2O)C(O)C1O)NC(=O)CCCCCCCCCCCCCCCCCCCCCCCCCCCCCCCCCC. The first kappa shape index (κ1) is 77.5. The summed E-state index contributed by atoms with van der Waals surface area (Å²) in [4.78, 5) is 13.3. The number of unbranched alkanes of at least 4 members (excludes halogenated alkanes) is 34.